The number of urea groups is 1. The summed E-state index contributed by atoms with van der Waals surface area (Å²) in [5.74, 6) is -0.746. The predicted octanol–water partition coefficient (Wildman–Crippen LogP) is 3.81. The molecule has 1 fully saturated rings. The summed E-state index contributed by atoms with van der Waals surface area (Å²) in [5, 5.41) is 2.26. The Morgan fingerprint density at radius 2 is 2.07 bits per heavy atom. The van der Waals surface area contributed by atoms with Crippen LogP contribution >= 0.6 is 15.9 Å². The van der Waals surface area contributed by atoms with Crippen LogP contribution in [0.1, 0.15) is 37.7 Å². The first-order valence-electron chi connectivity index (χ1n) is 8.90. The van der Waals surface area contributed by atoms with Crippen molar-refractivity contribution in [1.29, 1.82) is 0 Å². The molecule has 142 valence electrons. The molecule has 0 bridgehead atoms. The maximum atomic E-state index is 12.8. The Hall–Kier alpha value is -2.41. The van der Waals surface area contributed by atoms with Gasteiger partial charge in [-0.25, -0.2) is 4.79 Å². The molecule has 0 atom stereocenters. The van der Waals surface area contributed by atoms with E-state index >= 15 is 0 Å². The second-order valence-electron chi connectivity index (χ2n) is 6.52. The number of nitrogens with one attached hydrogen (secondary N) is 1. The number of ether oxygens (including phenoxy) is 1. The van der Waals surface area contributed by atoms with E-state index in [0.29, 0.717) is 17.7 Å². The number of hydrogen-bond acceptors (Lipinski definition) is 4. The van der Waals surface area contributed by atoms with Gasteiger partial charge in [0, 0.05) is 16.6 Å². The van der Waals surface area contributed by atoms with Gasteiger partial charge < -0.3 is 4.74 Å². The fraction of sp³-hybridized carbons (Fsp3) is 0.350. The SMILES string of the molecule is COc1ccc(Br)cc1/C=C1/C(=O)NC(=O)N(CCC2=CCCCC2)C1=O. The number of methoxy groups -OCH3 is 1. The molecule has 1 aromatic rings. The molecule has 1 aromatic carbocycles. The molecule has 1 N–H and O–H groups in total. The largest absolute Gasteiger partial charge is 0.496 e. The van der Waals surface area contributed by atoms with Crippen molar-refractivity contribution in [2.75, 3.05) is 13.7 Å². The molecule has 1 aliphatic heterocycles. The molecule has 0 saturated carbocycles. The molecular formula is C20H21BrN2O4. The highest BCUT2D eigenvalue weighted by Crippen LogP contribution is 2.27. The van der Waals surface area contributed by atoms with Crippen molar-refractivity contribution >= 4 is 39.9 Å². The monoisotopic (exact) mass is 432 g/mol. The van der Waals surface area contributed by atoms with Gasteiger partial charge in [0.1, 0.15) is 11.3 Å². The predicted molar refractivity (Wildman–Crippen MR) is 105 cm³/mol. The van der Waals surface area contributed by atoms with Crippen LogP contribution < -0.4 is 10.1 Å². The maximum Gasteiger partial charge on any atom is 0.331 e. The Morgan fingerprint density at radius 3 is 2.78 bits per heavy atom. The van der Waals surface area contributed by atoms with Crippen LogP contribution in [0.5, 0.6) is 5.75 Å². The van der Waals surface area contributed by atoms with Gasteiger partial charge in [-0.15, -0.1) is 0 Å². The van der Waals surface area contributed by atoms with E-state index < -0.39 is 17.8 Å². The Labute approximate surface area is 166 Å². The number of barbiturate groups is 1. The molecule has 4 amide bonds. The summed E-state index contributed by atoms with van der Waals surface area (Å²) in [5.41, 5.74) is 1.76. The van der Waals surface area contributed by atoms with Crippen LogP contribution in [0.15, 0.2) is 39.9 Å². The standard InChI is InChI=1S/C20H21BrN2O4/c1-27-17-8-7-15(21)11-14(17)12-16-18(24)22-20(26)23(19(16)25)10-9-13-5-3-2-4-6-13/h5,7-8,11-12H,2-4,6,9-10H2,1H3,(H,22,24,26)/b16-12-. The average molecular weight is 433 g/mol. The molecule has 0 radical (unpaired) electrons. The summed E-state index contributed by atoms with van der Waals surface area (Å²) in [6, 6.07) is 4.62. The zero-order chi connectivity index (χ0) is 19.4. The second kappa shape index (κ2) is 8.52. The van der Waals surface area contributed by atoms with Gasteiger partial charge >= 0.3 is 6.03 Å². The van der Waals surface area contributed by atoms with Crippen LogP contribution in [0.3, 0.4) is 0 Å². The van der Waals surface area contributed by atoms with E-state index in [1.54, 1.807) is 18.2 Å². The Kier molecular flexibility index (Phi) is 6.11. The lowest BCUT2D eigenvalue weighted by Gasteiger charge is -2.27. The summed E-state index contributed by atoms with van der Waals surface area (Å²) in [7, 11) is 1.52. The molecule has 2 aliphatic rings. The fourth-order valence-electron chi connectivity index (χ4n) is 3.26. The van der Waals surface area contributed by atoms with Crippen LogP contribution in [0.25, 0.3) is 6.08 Å². The highest BCUT2D eigenvalue weighted by atomic mass is 79.9. The van der Waals surface area contributed by atoms with Crippen molar-refractivity contribution < 1.29 is 19.1 Å². The third-order valence-electron chi connectivity index (χ3n) is 4.72. The van der Waals surface area contributed by atoms with E-state index in [9.17, 15) is 14.4 Å². The van der Waals surface area contributed by atoms with Gasteiger partial charge in [-0.05, 0) is 56.4 Å². The number of halogens is 1. The van der Waals surface area contributed by atoms with Gasteiger partial charge in [0.05, 0.1) is 7.11 Å². The summed E-state index contributed by atoms with van der Waals surface area (Å²) in [6.07, 6.45) is 8.65. The highest BCUT2D eigenvalue weighted by molar-refractivity contribution is 9.10. The number of imide groups is 2. The minimum absolute atomic E-state index is 0.0800. The molecule has 1 aliphatic carbocycles. The number of allylic oxidation sites excluding steroid dienone is 1. The summed E-state index contributed by atoms with van der Waals surface area (Å²) in [4.78, 5) is 38.3. The molecule has 6 nitrogen and oxygen atoms in total. The van der Waals surface area contributed by atoms with Crippen LogP contribution in [0.4, 0.5) is 4.79 Å². The lowest BCUT2D eigenvalue weighted by atomic mass is 9.97. The molecular weight excluding hydrogens is 412 g/mol. The third-order valence-corrected chi connectivity index (χ3v) is 5.21. The Morgan fingerprint density at radius 1 is 1.26 bits per heavy atom. The van der Waals surface area contributed by atoms with Crippen molar-refractivity contribution in [2.45, 2.75) is 32.1 Å². The Balaban J connectivity index is 1.84. The van der Waals surface area contributed by atoms with Crippen LogP contribution in [0, 0.1) is 0 Å². The number of nitrogens with zero attached hydrogens (tertiary/aromatic N) is 1. The van der Waals surface area contributed by atoms with E-state index in [1.165, 1.54) is 25.2 Å². The molecule has 1 saturated heterocycles. The molecule has 27 heavy (non-hydrogen) atoms. The summed E-state index contributed by atoms with van der Waals surface area (Å²) >= 11 is 3.37. The molecule has 7 heteroatoms. The molecule has 0 unspecified atom stereocenters. The van der Waals surface area contributed by atoms with Crippen molar-refractivity contribution in [3.8, 4) is 5.75 Å². The number of carbonyl (C=O) groups excluding carboxylic acids is 3. The van der Waals surface area contributed by atoms with Crippen LogP contribution in [-0.4, -0.2) is 36.4 Å². The van der Waals surface area contributed by atoms with Crippen LogP contribution in [0.2, 0.25) is 0 Å². The zero-order valence-corrected chi connectivity index (χ0v) is 16.7. The van der Waals surface area contributed by atoms with Crippen molar-refractivity contribution in [3.05, 3.63) is 45.5 Å². The first-order valence-corrected chi connectivity index (χ1v) is 9.69. The number of carbonyl (C=O) groups is 3. The first kappa shape index (κ1) is 19.4. The van der Waals surface area contributed by atoms with Crippen molar-refractivity contribution in [3.63, 3.8) is 0 Å². The zero-order valence-electron chi connectivity index (χ0n) is 15.1. The molecule has 3 rings (SSSR count). The smallest absolute Gasteiger partial charge is 0.331 e. The quantitative estimate of drug-likeness (QED) is 0.435. The normalized spacial score (nSPS) is 19.2. The Bertz CT molecular complexity index is 844. The minimum atomic E-state index is -0.694. The van der Waals surface area contributed by atoms with Crippen molar-refractivity contribution in [1.82, 2.24) is 10.2 Å². The van der Waals surface area contributed by atoms with Crippen LogP contribution in [-0.2, 0) is 9.59 Å². The van der Waals surface area contributed by atoms with E-state index in [2.05, 4.69) is 27.3 Å². The lowest BCUT2D eigenvalue weighted by Crippen LogP contribution is -2.54. The number of rotatable bonds is 5. The average Bonchev–Trinajstić information content (AvgIpc) is 2.66. The molecule has 1 heterocycles. The van der Waals surface area contributed by atoms with Gasteiger partial charge in [-0.1, -0.05) is 27.6 Å². The van der Waals surface area contributed by atoms with Crippen molar-refractivity contribution in [2.24, 2.45) is 0 Å². The van der Waals surface area contributed by atoms with Gasteiger partial charge in [-0.2, -0.15) is 0 Å². The van der Waals surface area contributed by atoms with E-state index in [4.69, 9.17) is 4.74 Å². The minimum Gasteiger partial charge on any atom is -0.496 e. The van der Waals surface area contributed by atoms with Gasteiger partial charge in [0.25, 0.3) is 11.8 Å². The van der Waals surface area contributed by atoms with Gasteiger partial charge in [0.2, 0.25) is 0 Å². The summed E-state index contributed by atoms with van der Waals surface area (Å²) < 4.78 is 6.08. The highest BCUT2D eigenvalue weighted by Gasteiger charge is 2.35. The van der Waals surface area contributed by atoms with Gasteiger partial charge in [-0.3, -0.25) is 19.8 Å². The van der Waals surface area contributed by atoms with Gasteiger partial charge in [0.15, 0.2) is 0 Å². The van der Waals surface area contributed by atoms with E-state index in [0.717, 1.165) is 28.6 Å². The summed E-state index contributed by atoms with van der Waals surface area (Å²) in [6.45, 7) is 0.261. The second-order valence-corrected chi connectivity index (χ2v) is 7.43. The molecule has 0 spiro atoms. The fourth-order valence-corrected chi connectivity index (χ4v) is 3.64. The van der Waals surface area contributed by atoms with E-state index in [-0.39, 0.29) is 12.1 Å². The van der Waals surface area contributed by atoms with E-state index in [1.807, 2.05) is 0 Å². The number of amides is 4. The third kappa shape index (κ3) is 4.47. The topological polar surface area (TPSA) is 75.7 Å². The number of benzene rings is 1. The lowest BCUT2D eigenvalue weighted by molar-refractivity contribution is -0.130. The molecule has 0 aromatic heterocycles. The number of hydrogen-bond donors (Lipinski definition) is 1. The maximum absolute atomic E-state index is 12.8. The first-order chi connectivity index (χ1) is 13.0.